The minimum atomic E-state index is -0.102. The van der Waals surface area contributed by atoms with Crippen LogP contribution in [0.3, 0.4) is 0 Å². The van der Waals surface area contributed by atoms with E-state index in [0.29, 0.717) is 12.2 Å². The summed E-state index contributed by atoms with van der Waals surface area (Å²) in [6, 6.07) is 15.8. The van der Waals surface area contributed by atoms with Gasteiger partial charge in [-0.15, -0.1) is 0 Å². The summed E-state index contributed by atoms with van der Waals surface area (Å²) in [6.07, 6.45) is 10.8. The van der Waals surface area contributed by atoms with E-state index >= 15 is 0 Å². The third-order valence-electron chi connectivity index (χ3n) is 8.35. The molecule has 4 aliphatic heterocycles. The number of hydrazine groups is 1. The highest BCUT2D eigenvalue weighted by atomic mass is 16.2. The molecule has 5 heterocycles. The molecule has 3 N–H and O–H groups in total. The van der Waals surface area contributed by atoms with Gasteiger partial charge in [-0.25, -0.2) is 10.4 Å². The molecule has 1 amide bonds. The summed E-state index contributed by atoms with van der Waals surface area (Å²) >= 11 is 0. The summed E-state index contributed by atoms with van der Waals surface area (Å²) < 4.78 is 0. The van der Waals surface area contributed by atoms with Gasteiger partial charge in [0, 0.05) is 92.6 Å². The lowest BCUT2D eigenvalue weighted by Gasteiger charge is -2.54. The van der Waals surface area contributed by atoms with E-state index in [9.17, 15) is 10.1 Å². The average molecular weight is 557 g/mol. The molecule has 0 radical (unpaired) electrons. The van der Waals surface area contributed by atoms with Crippen molar-refractivity contribution in [3.63, 3.8) is 0 Å². The number of anilines is 1. The van der Waals surface area contributed by atoms with E-state index in [1.807, 2.05) is 84.1 Å². The molecule has 1 aromatic heterocycles. The molecule has 2 saturated heterocycles. The maximum absolute atomic E-state index is 12.6. The van der Waals surface area contributed by atoms with Crippen molar-refractivity contribution in [2.45, 2.75) is 12.8 Å². The van der Waals surface area contributed by atoms with E-state index in [0.717, 1.165) is 78.9 Å². The number of piperidine rings is 1. The number of amides is 1. The van der Waals surface area contributed by atoms with Gasteiger partial charge in [0.2, 0.25) is 0 Å². The van der Waals surface area contributed by atoms with Crippen LogP contribution >= 0.6 is 0 Å². The Balaban J connectivity index is 1.11. The number of rotatable bonds is 4. The number of nitrogens with zero attached hydrogens (tertiary/aromatic N) is 5. The Labute approximate surface area is 246 Å². The molecule has 42 heavy (non-hydrogen) atoms. The van der Waals surface area contributed by atoms with Crippen LogP contribution in [0.15, 0.2) is 89.6 Å². The first kappa shape index (κ1) is 27.1. The van der Waals surface area contributed by atoms with Crippen LogP contribution in [0.5, 0.6) is 0 Å². The molecule has 1 aromatic carbocycles. The summed E-state index contributed by atoms with van der Waals surface area (Å²) in [5, 5.41) is 22.5. The topological polar surface area (TPSA) is 111 Å². The summed E-state index contributed by atoms with van der Waals surface area (Å²) in [4.78, 5) is 21.6. The summed E-state index contributed by atoms with van der Waals surface area (Å²) in [6.45, 7) is 4.00. The van der Waals surface area contributed by atoms with Gasteiger partial charge < -0.3 is 25.5 Å². The molecular weight excluding hydrogens is 524 g/mol. The zero-order valence-corrected chi connectivity index (χ0v) is 23.5. The third-order valence-corrected chi connectivity index (χ3v) is 8.35. The van der Waals surface area contributed by atoms with E-state index < -0.39 is 0 Å². The number of hydrogen-bond donors (Lipinski definition) is 3. The normalized spacial score (nSPS) is 20.2. The molecule has 9 nitrogen and oxygen atoms in total. The van der Waals surface area contributed by atoms with E-state index in [1.165, 1.54) is 0 Å². The molecular formula is C33H32N8O. The van der Waals surface area contributed by atoms with Crippen LogP contribution in [0, 0.1) is 34.0 Å². The molecule has 0 atom stereocenters. The van der Waals surface area contributed by atoms with Crippen LogP contribution in [0.1, 0.15) is 24.0 Å². The Hall–Kier alpha value is -5.12. The van der Waals surface area contributed by atoms with Crippen molar-refractivity contribution in [1.82, 2.24) is 25.6 Å². The number of allylic oxidation sites excluding steroid dienone is 3. The summed E-state index contributed by atoms with van der Waals surface area (Å²) in [7, 11) is 1.95. The van der Waals surface area contributed by atoms with Crippen LogP contribution in [0.2, 0.25) is 0 Å². The van der Waals surface area contributed by atoms with Crippen LogP contribution in [0.4, 0.5) is 5.82 Å². The second-order valence-corrected chi connectivity index (χ2v) is 11.1. The minimum absolute atomic E-state index is 0.102. The van der Waals surface area contributed by atoms with E-state index in [-0.39, 0.29) is 16.9 Å². The first-order chi connectivity index (χ1) is 20.5. The van der Waals surface area contributed by atoms with Gasteiger partial charge in [0.15, 0.2) is 0 Å². The standard InChI is InChI=1S/C33H32N8O/c1-39-21-28(20-38-39)26-15-29(32(37-19-26)27(16-34)17-35)25-8-9-30(36-18-25)41-22-33(23-41)11-13-40(14-12-33)31(42)10-7-24-5-3-2-4-6-24/h2-6,8-9,15-16,18-19,21,34,37-38H,11-14,20,22-23H2,1H3/b32-27+,34-16?. The number of carbonyl (C=O) groups is 1. The Morgan fingerprint density at radius 1 is 1.14 bits per heavy atom. The quantitative estimate of drug-likeness (QED) is 0.301. The molecule has 6 rings (SSSR count). The van der Waals surface area contributed by atoms with Crippen molar-refractivity contribution < 1.29 is 4.79 Å². The first-order valence-corrected chi connectivity index (χ1v) is 14.1. The van der Waals surface area contributed by atoms with Crippen LogP contribution in [-0.4, -0.2) is 66.8 Å². The summed E-state index contributed by atoms with van der Waals surface area (Å²) in [5.74, 6) is 6.59. The minimum Gasteiger partial charge on any atom is -0.359 e. The predicted molar refractivity (Wildman–Crippen MR) is 162 cm³/mol. The number of hydrogen-bond acceptors (Lipinski definition) is 8. The molecule has 0 aliphatic carbocycles. The zero-order chi connectivity index (χ0) is 29.1. The number of dihydropyridines is 1. The Morgan fingerprint density at radius 2 is 1.93 bits per heavy atom. The van der Waals surface area contributed by atoms with Crippen LogP contribution in [0.25, 0.3) is 5.57 Å². The number of carbonyl (C=O) groups excluding carboxylic acids is 1. The molecule has 0 bridgehead atoms. The highest BCUT2D eigenvalue weighted by molar-refractivity contribution is 5.94. The second-order valence-electron chi connectivity index (χ2n) is 11.1. The van der Waals surface area contributed by atoms with Gasteiger partial charge in [0.05, 0.1) is 11.3 Å². The van der Waals surface area contributed by atoms with Crippen LogP contribution < -0.4 is 15.6 Å². The maximum atomic E-state index is 12.6. The first-order valence-electron chi connectivity index (χ1n) is 14.1. The number of pyridine rings is 1. The van der Waals surface area contributed by atoms with Gasteiger partial charge in [-0.05, 0) is 54.3 Å². The van der Waals surface area contributed by atoms with Crippen molar-refractivity contribution in [2.75, 3.05) is 44.7 Å². The number of benzene rings is 1. The monoisotopic (exact) mass is 556 g/mol. The third kappa shape index (κ3) is 5.43. The number of nitriles is 1. The molecule has 9 heteroatoms. The Morgan fingerprint density at radius 3 is 2.57 bits per heavy atom. The fourth-order valence-corrected chi connectivity index (χ4v) is 5.89. The zero-order valence-electron chi connectivity index (χ0n) is 23.5. The SMILES string of the molecule is CN1C=C(C2=CN/C(=C(/C#N)C=N)C(c3ccc(N4CC5(CCN(C(=O)C#Cc6ccccc6)CC5)C4)nc3)=C2)CN1. The molecule has 2 aromatic rings. The second kappa shape index (κ2) is 11.4. The van der Waals surface area contributed by atoms with E-state index in [2.05, 4.69) is 33.6 Å². The lowest BCUT2D eigenvalue weighted by atomic mass is 9.72. The van der Waals surface area contributed by atoms with Gasteiger partial charge in [-0.2, -0.15) is 5.26 Å². The number of likely N-dealkylation sites (tertiary alicyclic amines) is 1. The van der Waals surface area contributed by atoms with E-state index in [4.69, 9.17) is 10.4 Å². The van der Waals surface area contributed by atoms with Crippen molar-refractivity contribution in [3.05, 3.63) is 101 Å². The predicted octanol–water partition coefficient (Wildman–Crippen LogP) is 3.19. The lowest BCUT2D eigenvalue weighted by Crippen LogP contribution is -2.61. The van der Waals surface area contributed by atoms with Gasteiger partial charge >= 0.3 is 0 Å². The molecule has 2 fully saturated rings. The van der Waals surface area contributed by atoms with Crippen molar-refractivity contribution in [3.8, 4) is 17.9 Å². The fourth-order valence-electron chi connectivity index (χ4n) is 5.89. The maximum Gasteiger partial charge on any atom is 0.298 e. The number of aromatic nitrogens is 1. The molecule has 1 spiro atoms. The van der Waals surface area contributed by atoms with Crippen molar-refractivity contribution in [2.24, 2.45) is 5.41 Å². The molecule has 0 unspecified atom stereocenters. The van der Waals surface area contributed by atoms with Gasteiger partial charge in [-0.1, -0.05) is 24.1 Å². The largest absolute Gasteiger partial charge is 0.359 e. The van der Waals surface area contributed by atoms with Crippen LogP contribution in [-0.2, 0) is 4.79 Å². The van der Waals surface area contributed by atoms with E-state index in [1.54, 1.807) is 0 Å². The van der Waals surface area contributed by atoms with Gasteiger partial charge in [0.1, 0.15) is 11.9 Å². The van der Waals surface area contributed by atoms with Gasteiger partial charge in [0.25, 0.3) is 5.91 Å². The van der Waals surface area contributed by atoms with Crippen molar-refractivity contribution in [1.29, 1.82) is 10.7 Å². The average Bonchev–Trinajstić information content (AvgIpc) is 3.46. The highest BCUT2D eigenvalue weighted by Gasteiger charge is 2.45. The summed E-state index contributed by atoms with van der Waals surface area (Å²) in [5.41, 5.74) is 9.01. The smallest absolute Gasteiger partial charge is 0.298 e. The molecule has 4 aliphatic rings. The Bertz CT molecular complexity index is 1620. The highest BCUT2D eigenvalue weighted by Crippen LogP contribution is 2.42. The number of nitrogens with one attached hydrogen (secondary N) is 3. The Kier molecular flexibility index (Phi) is 7.35. The fraction of sp³-hybridized carbons (Fsp3) is 0.273. The molecule has 0 saturated carbocycles. The molecule has 210 valence electrons. The van der Waals surface area contributed by atoms with Gasteiger partial charge in [-0.3, -0.25) is 4.79 Å². The van der Waals surface area contributed by atoms with Crippen molar-refractivity contribution >= 4 is 23.5 Å². The lowest BCUT2D eigenvalue weighted by molar-refractivity contribution is -0.127.